The minimum absolute atomic E-state index is 0.244. The summed E-state index contributed by atoms with van der Waals surface area (Å²) >= 11 is 0. The molecule has 1 heterocycles. The Hall–Kier alpha value is -1.58. The van der Waals surface area contributed by atoms with Crippen LogP contribution < -0.4 is 5.32 Å². The Morgan fingerprint density at radius 1 is 1.14 bits per heavy atom. The molecule has 0 saturated carbocycles. The lowest BCUT2D eigenvalue weighted by Gasteiger charge is -2.25. The molecule has 0 spiro atoms. The van der Waals surface area contributed by atoms with E-state index in [0.29, 0.717) is 6.04 Å². The lowest BCUT2D eigenvalue weighted by molar-refractivity contribution is 0.245. The Kier molecular flexibility index (Phi) is 5.21. The molecule has 0 radical (unpaired) electrons. The van der Waals surface area contributed by atoms with Crippen LogP contribution >= 0.6 is 0 Å². The lowest BCUT2D eigenvalue weighted by atomic mass is 10.0. The Labute approximate surface area is 128 Å². The van der Waals surface area contributed by atoms with E-state index < -0.39 is 0 Å². The van der Waals surface area contributed by atoms with E-state index in [1.807, 2.05) is 12.1 Å². The quantitative estimate of drug-likeness (QED) is 0.874. The normalized spacial score (nSPS) is 14.4. The molecule has 0 bridgehead atoms. The maximum atomic E-state index is 5.55. The zero-order valence-corrected chi connectivity index (χ0v) is 13.7. The van der Waals surface area contributed by atoms with Crippen molar-refractivity contribution in [3.63, 3.8) is 0 Å². The predicted octanol–water partition coefficient (Wildman–Crippen LogP) is 3.85. The summed E-state index contributed by atoms with van der Waals surface area (Å²) in [4.78, 5) is 2.18. The van der Waals surface area contributed by atoms with Gasteiger partial charge in [0.15, 0.2) is 0 Å². The van der Waals surface area contributed by atoms with Crippen LogP contribution in [0.1, 0.15) is 41.5 Å². The predicted molar refractivity (Wildman–Crippen MR) is 87.5 cm³/mol. The van der Waals surface area contributed by atoms with Gasteiger partial charge in [-0.05, 0) is 63.7 Å². The van der Waals surface area contributed by atoms with Gasteiger partial charge < -0.3 is 9.73 Å². The van der Waals surface area contributed by atoms with E-state index in [1.54, 1.807) is 6.26 Å². The van der Waals surface area contributed by atoms with E-state index in [1.165, 1.54) is 16.7 Å². The molecule has 0 amide bonds. The molecular weight excluding hydrogens is 260 g/mol. The van der Waals surface area contributed by atoms with E-state index in [0.717, 1.165) is 12.3 Å². The van der Waals surface area contributed by atoms with Gasteiger partial charge >= 0.3 is 0 Å². The molecule has 2 atom stereocenters. The summed E-state index contributed by atoms with van der Waals surface area (Å²) in [6.45, 7) is 7.38. The number of aryl methyl sites for hydroxylation is 2. The van der Waals surface area contributed by atoms with Crippen molar-refractivity contribution in [3.05, 3.63) is 59.0 Å². The molecular formula is C18H26N2O. The highest BCUT2D eigenvalue weighted by molar-refractivity contribution is 5.31. The van der Waals surface area contributed by atoms with Gasteiger partial charge in [-0.15, -0.1) is 0 Å². The molecule has 2 unspecified atom stereocenters. The van der Waals surface area contributed by atoms with Crippen LogP contribution in [0.5, 0.6) is 0 Å². The first-order valence-electron chi connectivity index (χ1n) is 7.49. The molecule has 0 fully saturated rings. The number of nitrogens with one attached hydrogen (secondary N) is 1. The van der Waals surface area contributed by atoms with Gasteiger partial charge in [-0.25, -0.2) is 0 Å². The number of likely N-dealkylation sites (N-methyl/N-ethyl adjacent to an activating group) is 1. The number of hydrogen-bond acceptors (Lipinski definition) is 3. The smallest absolute Gasteiger partial charge is 0.122 e. The second kappa shape index (κ2) is 6.92. The highest BCUT2D eigenvalue weighted by atomic mass is 16.3. The number of benzene rings is 1. The topological polar surface area (TPSA) is 28.4 Å². The summed E-state index contributed by atoms with van der Waals surface area (Å²) in [5.41, 5.74) is 4.01. The van der Waals surface area contributed by atoms with Gasteiger partial charge in [0.1, 0.15) is 5.76 Å². The van der Waals surface area contributed by atoms with Crippen LogP contribution in [-0.2, 0) is 0 Å². The molecule has 2 aromatic rings. The molecule has 3 nitrogen and oxygen atoms in total. The summed E-state index contributed by atoms with van der Waals surface area (Å²) < 4.78 is 5.55. The number of nitrogens with zero attached hydrogens (tertiary/aromatic N) is 1. The van der Waals surface area contributed by atoms with E-state index in [9.17, 15) is 0 Å². The zero-order valence-electron chi connectivity index (χ0n) is 13.7. The van der Waals surface area contributed by atoms with Gasteiger partial charge in [-0.2, -0.15) is 0 Å². The van der Waals surface area contributed by atoms with Crippen LogP contribution in [0.15, 0.2) is 41.0 Å². The maximum Gasteiger partial charge on any atom is 0.122 e. The minimum atomic E-state index is 0.244. The fraction of sp³-hybridized carbons (Fsp3) is 0.444. The fourth-order valence-corrected chi connectivity index (χ4v) is 2.46. The SMILES string of the molecule is Cc1ccc(C(C)NCC(c2ccco2)N(C)C)cc1C. The second-order valence-corrected chi connectivity index (χ2v) is 5.97. The first-order chi connectivity index (χ1) is 9.99. The standard InChI is InChI=1S/C18H26N2O/c1-13-8-9-16(11-14(13)2)15(3)19-12-17(20(4)5)18-7-6-10-21-18/h6-11,15,17,19H,12H2,1-5H3. The van der Waals surface area contributed by atoms with Crippen LogP contribution in [0.3, 0.4) is 0 Å². The van der Waals surface area contributed by atoms with Crippen molar-refractivity contribution in [3.8, 4) is 0 Å². The van der Waals surface area contributed by atoms with Gasteiger partial charge in [0.05, 0.1) is 12.3 Å². The van der Waals surface area contributed by atoms with Crippen LogP contribution in [-0.4, -0.2) is 25.5 Å². The highest BCUT2D eigenvalue weighted by Crippen LogP contribution is 2.21. The van der Waals surface area contributed by atoms with Crippen molar-refractivity contribution >= 4 is 0 Å². The highest BCUT2D eigenvalue weighted by Gasteiger charge is 2.18. The van der Waals surface area contributed by atoms with Crippen molar-refractivity contribution in [2.75, 3.05) is 20.6 Å². The summed E-state index contributed by atoms with van der Waals surface area (Å²) in [6.07, 6.45) is 1.73. The molecule has 0 aliphatic carbocycles. The molecule has 1 aromatic heterocycles. The molecule has 21 heavy (non-hydrogen) atoms. The van der Waals surface area contributed by atoms with Crippen LogP contribution in [0.25, 0.3) is 0 Å². The minimum Gasteiger partial charge on any atom is -0.468 e. The summed E-state index contributed by atoms with van der Waals surface area (Å²) in [5.74, 6) is 1.000. The first kappa shape index (κ1) is 15.8. The molecule has 114 valence electrons. The van der Waals surface area contributed by atoms with E-state index in [2.05, 4.69) is 63.3 Å². The van der Waals surface area contributed by atoms with Crippen LogP contribution in [0.2, 0.25) is 0 Å². The van der Waals surface area contributed by atoms with Gasteiger partial charge in [-0.3, -0.25) is 4.90 Å². The summed E-state index contributed by atoms with van der Waals surface area (Å²) in [7, 11) is 4.16. The molecule has 3 heteroatoms. The average Bonchev–Trinajstić information content (AvgIpc) is 2.95. The number of rotatable bonds is 6. The first-order valence-corrected chi connectivity index (χ1v) is 7.49. The van der Waals surface area contributed by atoms with Crippen LogP contribution in [0.4, 0.5) is 0 Å². The Bertz CT molecular complexity index is 561. The largest absolute Gasteiger partial charge is 0.468 e. The Morgan fingerprint density at radius 2 is 1.90 bits per heavy atom. The maximum absolute atomic E-state index is 5.55. The monoisotopic (exact) mass is 286 g/mol. The van der Waals surface area contributed by atoms with E-state index in [-0.39, 0.29) is 6.04 Å². The molecule has 1 N–H and O–H groups in total. The van der Waals surface area contributed by atoms with Crippen molar-refractivity contribution in [1.82, 2.24) is 10.2 Å². The van der Waals surface area contributed by atoms with Crippen molar-refractivity contribution in [2.45, 2.75) is 32.9 Å². The van der Waals surface area contributed by atoms with Crippen molar-refractivity contribution < 1.29 is 4.42 Å². The third-order valence-electron chi connectivity index (χ3n) is 4.14. The van der Waals surface area contributed by atoms with Crippen molar-refractivity contribution in [2.24, 2.45) is 0 Å². The second-order valence-electron chi connectivity index (χ2n) is 5.97. The van der Waals surface area contributed by atoms with E-state index >= 15 is 0 Å². The van der Waals surface area contributed by atoms with Crippen molar-refractivity contribution in [1.29, 1.82) is 0 Å². The van der Waals surface area contributed by atoms with Gasteiger partial charge in [0.25, 0.3) is 0 Å². The van der Waals surface area contributed by atoms with Gasteiger partial charge in [-0.1, -0.05) is 18.2 Å². The molecule has 0 aliphatic heterocycles. The zero-order chi connectivity index (χ0) is 15.4. The number of hydrogen-bond donors (Lipinski definition) is 1. The fourth-order valence-electron chi connectivity index (χ4n) is 2.46. The Morgan fingerprint density at radius 3 is 2.48 bits per heavy atom. The van der Waals surface area contributed by atoms with Gasteiger partial charge in [0, 0.05) is 12.6 Å². The van der Waals surface area contributed by atoms with E-state index in [4.69, 9.17) is 4.42 Å². The van der Waals surface area contributed by atoms with Gasteiger partial charge in [0.2, 0.25) is 0 Å². The molecule has 0 saturated heterocycles. The third-order valence-corrected chi connectivity index (χ3v) is 4.14. The molecule has 2 rings (SSSR count). The lowest BCUT2D eigenvalue weighted by Crippen LogP contribution is -2.32. The molecule has 1 aromatic carbocycles. The third kappa shape index (κ3) is 3.96. The van der Waals surface area contributed by atoms with Crippen LogP contribution in [0, 0.1) is 13.8 Å². The Balaban J connectivity index is 2.01. The average molecular weight is 286 g/mol. The molecule has 0 aliphatic rings. The summed E-state index contributed by atoms with van der Waals surface area (Å²) in [6, 6.07) is 11.2. The number of furan rings is 1. The summed E-state index contributed by atoms with van der Waals surface area (Å²) in [5, 5.41) is 3.61.